The lowest BCUT2D eigenvalue weighted by Gasteiger charge is -2.29. The van der Waals surface area contributed by atoms with Gasteiger partial charge in [-0.25, -0.2) is 8.78 Å². The normalized spacial score (nSPS) is 12.9. The molecule has 4 heteroatoms. The number of hydrogen-bond acceptors (Lipinski definition) is 2. The second kappa shape index (κ2) is 6.30. The van der Waals surface area contributed by atoms with E-state index in [1.54, 1.807) is 4.90 Å². The number of nitrogens with zero attached hydrogens (tertiary/aromatic N) is 1. The standard InChI is InChI=1S/C10H22F2N2/c1-5-13-7-10(11,12)8-14(6-2)9(3)4/h9,13H,5-8H2,1-4H3. The first kappa shape index (κ1) is 13.8. The Morgan fingerprint density at radius 3 is 2.21 bits per heavy atom. The monoisotopic (exact) mass is 208 g/mol. The molecule has 0 saturated heterocycles. The zero-order chi connectivity index (χ0) is 11.2. The fourth-order valence-electron chi connectivity index (χ4n) is 1.32. The Hall–Kier alpha value is -0.220. The second-order valence-electron chi connectivity index (χ2n) is 3.79. The van der Waals surface area contributed by atoms with E-state index in [1.165, 1.54) is 0 Å². The third kappa shape index (κ3) is 5.50. The van der Waals surface area contributed by atoms with E-state index < -0.39 is 5.92 Å². The molecule has 0 aromatic heterocycles. The molecule has 0 aliphatic carbocycles. The van der Waals surface area contributed by atoms with Gasteiger partial charge in [0.05, 0.1) is 13.1 Å². The molecule has 0 amide bonds. The van der Waals surface area contributed by atoms with Gasteiger partial charge in [-0.1, -0.05) is 13.8 Å². The highest BCUT2D eigenvalue weighted by atomic mass is 19.3. The number of hydrogen-bond donors (Lipinski definition) is 1. The number of rotatable bonds is 7. The average molecular weight is 208 g/mol. The summed E-state index contributed by atoms with van der Waals surface area (Å²) >= 11 is 0. The molecule has 0 spiro atoms. The molecule has 0 saturated carbocycles. The first-order chi connectivity index (χ1) is 6.43. The summed E-state index contributed by atoms with van der Waals surface area (Å²) in [6, 6.07) is 0.174. The van der Waals surface area contributed by atoms with Crippen molar-refractivity contribution in [2.24, 2.45) is 0 Å². The molecular formula is C10H22F2N2. The summed E-state index contributed by atoms with van der Waals surface area (Å²) in [7, 11) is 0. The highest BCUT2D eigenvalue weighted by Gasteiger charge is 2.31. The largest absolute Gasteiger partial charge is 0.311 e. The van der Waals surface area contributed by atoms with Crippen molar-refractivity contribution in [3.63, 3.8) is 0 Å². The highest BCUT2D eigenvalue weighted by molar-refractivity contribution is 4.75. The first-order valence-corrected chi connectivity index (χ1v) is 5.25. The molecule has 0 rings (SSSR count). The van der Waals surface area contributed by atoms with Crippen LogP contribution in [0.4, 0.5) is 8.78 Å². The molecule has 0 unspecified atom stereocenters. The zero-order valence-corrected chi connectivity index (χ0v) is 9.61. The Morgan fingerprint density at radius 1 is 1.29 bits per heavy atom. The van der Waals surface area contributed by atoms with Gasteiger partial charge in [0.15, 0.2) is 0 Å². The summed E-state index contributed by atoms with van der Waals surface area (Å²) in [5.74, 6) is -2.63. The van der Waals surface area contributed by atoms with E-state index in [0.717, 1.165) is 0 Å². The summed E-state index contributed by atoms with van der Waals surface area (Å²) in [5.41, 5.74) is 0. The van der Waals surface area contributed by atoms with Crippen molar-refractivity contribution in [3.05, 3.63) is 0 Å². The molecule has 86 valence electrons. The average Bonchev–Trinajstić information content (AvgIpc) is 2.10. The SMILES string of the molecule is CCNCC(F)(F)CN(CC)C(C)C. The van der Waals surface area contributed by atoms with E-state index in [2.05, 4.69) is 5.32 Å². The fraction of sp³-hybridized carbons (Fsp3) is 1.00. The van der Waals surface area contributed by atoms with Gasteiger partial charge >= 0.3 is 0 Å². The van der Waals surface area contributed by atoms with Gasteiger partial charge in [-0.3, -0.25) is 4.90 Å². The maximum absolute atomic E-state index is 13.3. The molecule has 0 bridgehead atoms. The van der Waals surface area contributed by atoms with Gasteiger partial charge in [0.25, 0.3) is 5.92 Å². The van der Waals surface area contributed by atoms with Crippen LogP contribution in [0, 0.1) is 0 Å². The molecule has 2 nitrogen and oxygen atoms in total. The second-order valence-corrected chi connectivity index (χ2v) is 3.79. The van der Waals surface area contributed by atoms with Gasteiger partial charge < -0.3 is 5.32 Å². The Morgan fingerprint density at radius 2 is 1.86 bits per heavy atom. The van der Waals surface area contributed by atoms with Crippen LogP contribution >= 0.6 is 0 Å². The number of alkyl halides is 2. The van der Waals surface area contributed by atoms with Crippen LogP contribution in [0.1, 0.15) is 27.7 Å². The summed E-state index contributed by atoms with van der Waals surface area (Å²) in [6.45, 7) is 8.47. The lowest BCUT2D eigenvalue weighted by molar-refractivity contribution is -0.0359. The molecule has 0 aliphatic rings. The Balaban J connectivity index is 4.03. The van der Waals surface area contributed by atoms with Crippen molar-refractivity contribution in [2.75, 3.05) is 26.2 Å². The number of nitrogens with one attached hydrogen (secondary N) is 1. The van der Waals surface area contributed by atoms with E-state index in [1.807, 2.05) is 27.7 Å². The van der Waals surface area contributed by atoms with Gasteiger partial charge in [-0.15, -0.1) is 0 Å². The van der Waals surface area contributed by atoms with Crippen molar-refractivity contribution < 1.29 is 8.78 Å². The third-order valence-electron chi connectivity index (χ3n) is 2.20. The van der Waals surface area contributed by atoms with Crippen molar-refractivity contribution in [1.82, 2.24) is 10.2 Å². The fourth-order valence-corrected chi connectivity index (χ4v) is 1.32. The van der Waals surface area contributed by atoms with E-state index in [4.69, 9.17) is 0 Å². The van der Waals surface area contributed by atoms with Gasteiger partial charge in [-0.05, 0) is 26.9 Å². The summed E-state index contributed by atoms with van der Waals surface area (Å²) in [4.78, 5) is 1.78. The predicted molar refractivity (Wildman–Crippen MR) is 55.9 cm³/mol. The van der Waals surface area contributed by atoms with Crippen LogP contribution in [0.5, 0.6) is 0 Å². The van der Waals surface area contributed by atoms with Crippen molar-refractivity contribution >= 4 is 0 Å². The van der Waals surface area contributed by atoms with Crippen molar-refractivity contribution in [1.29, 1.82) is 0 Å². The van der Waals surface area contributed by atoms with Gasteiger partial charge in [0, 0.05) is 6.04 Å². The third-order valence-corrected chi connectivity index (χ3v) is 2.20. The van der Waals surface area contributed by atoms with Crippen LogP contribution < -0.4 is 5.32 Å². The molecule has 0 fully saturated rings. The van der Waals surface area contributed by atoms with E-state index in [0.29, 0.717) is 13.1 Å². The Bertz CT molecular complexity index is 149. The molecule has 0 aromatic rings. The minimum atomic E-state index is -2.63. The van der Waals surface area contributed by atoms with Gasteiger partial charge in [-0.2, -0.15) is 0 Å². The summed E-state index contributed by atoms with van der Waals surface area (Å²) in [6.07, 6.45) is 0. The maximum Gasteiger partial charge on any atom is 0.272 e. The van der Waals surface area contributed by atoms with Gasteiger partial charge in [0.1, 0.15) is 0 Å². The highest BCUT2D eigenvalue weighted by Crippen LogP contribution is 2.15. The lowest BCUT2D eigenvalue weighted by atomic mass is 10.2. The molecular weight excluding hydrogens is 186 g/mol. The molecule has 0 aromatic carbocycles. The van der Waals surface area contributed by atoms with Gasteiger partial charge in [0.2, 0.25) is 0 Å². The topological polar surface area (TPSA) is 15.3 Å². The van der Waals surface area contributed by atoms with Crippen molar-refractivity contribution in [3.8, 4) is 0 Å². The molecule has 0 aliphatic heterocycles. The molecule has 0 radical (unpaired) electrons. The molecule has 0 heterocycles. The molecule has 0 atom stereocenters. The van der Waals surface area contributed by atoms with Crippen LogP contribution in [0.15, 0.2) is 0 Å². The Kier molecular flexibility index (Phi) is 6.20. The molecule has 1 N–H and O–H groups in total. The van der Waals surface area contributed by atoms with E-state index >= 15 is 0 Å². The van der Waals surface area contributed by atoms with Crippen LogP contribution in [0.25, 0.3) is 0 Å². The number of halogens is 2. The quantitative estimate of drug-likeness (QED) is 0.688. The minimum Gasteiger partial charge on any atom is -0.311 e. The zero-order valence-electron chi connectivity index (χ0n) is 9.61. The first-order valence-electron chi connectivity index (χ1n) is 5.25. The minimum absolute atomic E-state index is 0.159. The lowest BCUT2D eigenvalue weighted by Crippen LogP contribution is -2.45. The van der Waals surface area contributed by atoms with Crippen LogP contribution in [-0.4, -0.2) is 43.0 Å². The smallest absolute Gasteiger partial charge is 0.272 e. The summed E-state index contributed by atoms with van der Waals surface area (Å²) < 4.78 is 26.6. The maximum atomic E-state index is 13.3. The predicted octanol–water partition coefficient (Wildman–Crippen LogP) is 1.96. The van der Waals surface area contributed by atoms with Crippen molar-refractivity contribution in [2.45, 2.75) is 39.7 Å². The van der Waals surface area contributed by atoms with Crippen LogP contribution in [0.2, 0.25) is 0 Å². The summed E-state index contributed by atoms with van der Waals surface area (Å²) in [5, 5.41) is 2.68. The Labute approximate surface area is 85.7 Å². The van der Waals surface area contributed by atoms with E-state index in [-0.39, 0.29) is 19.1 Å². The molecule has 14 heavy (non-hydrogen) atoms. The van der Waals surface area contributed by atoms with Crippen LogP contribution in [0.3, 0.4) is 0 Å². The van der Waals surface area contributed by atoms with E-state index in [9.17, 15) is 8.78 Å². The van der Waals surface area contributed by atoms with Crippen LogP contribution in [-0.2, 0) is 0 Å².